The highest BCUT2D eigenvalue weighted by Gasteiger charge is 2.56. The number of aryl methyl sites for hydroxylation is 1. The van der Waals surface area contributed by atoms with E-state index in [9.17, 15) is 18.8 Å². The summed E-state index contributed by atoms with van der Waals surface area (Å²) in [4.78, 5) is 42.0. The largest absolute Gasteiger partial charge is 0.488 e. The standard InChI is InChI=1S/C29H43B5FN3O5/c1-18-6-5-7-25(23(18)14-38(17-40)28(32,26(41)36-4)29(33,34)27(30,31)16-39)42-15-22-10-21(8-9-24(22)35)13-37-11-19(2)43-20(3)12-37/h5-10,16-17,19-20H,11-15,30-34H2,1-4H3,(H,36,41). The van der Waals surface area contributed by atoms with E-state index in [-0.39, 0.29) is 31.2 Å². The van der Waals surface area contributed by atoms with Crippen LogP contribution >= 0.6 is 0 Å². The maximum Gasteiger partial charge on any atom is 0.235 e. The van der Waals surface area contributed by atoms with E-state index >= 15 is 0 Å². The van der Waals surface area contributed by atoms with Crippen molar-refractivity contribution in [3.8, 4) is 5.75 Å². The number of hydrogen-bond acceptors (Lipinski definition) is 6. The van der Waals surface area contributed by atoms with Crippen molar-refractivity contribution in [2.24, 2.45) is 0 Å². The van der Waals surface area contributed by atoms with Crippen LogP contribution in [0.3, 0.4) is 0 Å². The van der Waals surface area contributed by atoms with E-state index in [0.29, 0.717) is 29.8 Å². The molecule has 0 radical (unpaired) electrons. The Morgan fingerprint density at radius 1 is 1.14 bits per heavy atom. The van der Waals surface area contributed by atoms with Crippen LogP contribution in [0.4, 0.5) is 4.39 Å². The van der Waals surface area contributed by atoms with E-state index in [1.165, 1.54) is 18.0 Å². The molecule has 43 heavy (non-hydrogen) atoms. The molecule has 0 aliphatic carbocycles. The number of carbonyl (C=O) groups is 3. The average molecular weight is 587 g/mol. The first kappa shape index (κ1) is 34.5. The summed E-state index contributed by atoms with van der Waals surface area (Å²) in [6, 6.07) is 10.6. The van der Waals surface area contributed by atoms with Crippen LogP contribution < -0.4 is 10.1 Å². The van der Waals surface area contributed by atoms with Crippen LogP contribution in [0.5, 0.6) is 5.75 Å². The fourth-order valence-corrected chi connectivity index (χ4v) is 5.94. The Morgan fingerprint density at radius 3 is 2.37 bits per heavy atom. The molecule has 0 aromatic heterocycles. The molecular weight excluding hydrogens is 543 g/mol. The van der Waals surface area contributed by atoms with Gasteiger partial charge >= 0.3 is 0 Å². The summed E-state index contributed by atoms with van der Waals surface area (Å²) in [5, 5.41) is 0.781. The lowest BCUT2D eigenvalue weighted by Crippen LogP contribution is -2.68. The third kappa shape index (κ3) is 7.23. The van der Waals surface area contributed by atoms with Gasteiger partial charge in [-0.1, -0.05) is 23.4 Å². The summed E-state index contributed by atoms with van der Waals surface area (Å²) in [6.45, 7) is 8.34. The first-order valence-electron chi connectivity index (χ1n) is 14.9. The number of nitrogens with zero attached hydrogens (tertiary/aromatic N) is 2. The van der Waals surface area contributed by atoms with Gasteiger partial charge < -0.3 is 24.5 Å². The third-order valence-electron chi connectivity index (χ3n) is 9.58. The van der Waals surface area contributed by atoms with Crippen LogP contribution in [0, 0.1) is 12.7 Å². The molecule has 1 fully saturated rings. The smallest absolute Gasteiger partial charge is 0.235 e. The minimum absolute atomic E-state index is 0.0104. The van der Waals surface area contributed by atoms with Crippen molar-refractivity contribution in [1.29, 1.82) is 0 Å². The number of nitrogens with one attached hydrogen (secondary N) is 1. The normalized spacial score (nSPS) is 19.2. The minimum Gasteiger partial charge on any atom is -0.488 e. The molecule has 0 spiro atoms. The Morgan fingerprint density at radius 2 is 1.79 bits per heavy atom. The molecule has 226 valence electrons. The number of rotatable bonds is 13. The van der Waals surface area contributed by atoms with Crippen LogP contribution in [0.15, 0.2) is 36.4 Å². The van der Waals surface area contributed by atoms with Gasteiger partial charge in [-0.2, -0.15) is 0 Å². The number of amides is 2. The number of likely N-dealkylation sites (N-methyl/N-ethyl adjacent to an activating group) is 1. The maximum absolute atomic E-state index is 14.9. The highest BCUT2D eigenvalue weighted by Crippen LogP contribution is 2.50. The molecule has 0 saturated carbocycles. The summed E-state index contributed by atoms with van der Waals surface area (Å²) in [6.07, 6.45) is 1.74. The zero-order chi connectivity index (χ0) is 32.2. The van der Waals surface area contributed by atoms with Crippen LogP contribution in [0.1, 0.15) is 36.1 Å². The second-order valence-electron chi connectivity index (χ2n) is 13.1. The van der Waals surface area contributed by atoms with Gasteiger partial charge in [0.2, 0.25) is 12.3 Å². The monoisotopic (exact) mass is 587 g/mol. The summed E-state index contributed by atoms with van der Waals surface area (Å²) in [5.74, 6) is -0.265. The number of halogens is 1. The molecule has 14 heteroatoms. The number of hydrogen-bond donors (Lipinski definition) is 1. The molecule has 2 aromatic rings. The zero-order valence-electron chi connectivity index (χ0n) is 27.1. The Kier molecular flexibility index (Phi) is 11.0. The Hall–Kier alpha value is -2.98. The Balaban J connectivity index is 1.90. The van der Waals surface area contributed by atoms with Gasteiger partial charge in [-0.15, -0.1) is 0 Å². The van der Waals surface area contributed by atoms with Gasteiger partial charge in [0.15, 0.2) is 0 Å². The maximum atomic E-state index is 14.9. The molecule has 1 aliphatic heterocycles. The lowest BCUT2D eigenvalue weighted by molar-refractivity contribution is -0.137. The van der Waals surface area contributed by atoms with E-state index < -0.39 is 21.8 Å². The quantitative estimate of drug-likeness (QED) is 0.223. The predicted molar refractivity (Wildman–Crippen MR) is 180 cm³/mol. The van der Waals surface area contributed by atoms with E-state index in [1.54, 1.807) is 35.7 Å². The summed E-state index contributed by atoms with van der Waals surface area (Å²) in [7, 11) is 10.3. The first-order chi connectivity index (χ1) is 20.1. The second-order valence-corrected chi connectivity index (χ2v) is 13.1. The molecule has 2 aromatic carbocycles. The molecule has 1 heterocycles. The van der Waals surface area contributed by atoms with Crippen molar-refractivity contribution >= 4 is 57.8 Å². The Labute approximate surface area is 259 Å². The number of ether oxygens (including phenoxy) is 2. The van der Waals surface area contributed by atoms with Crippen LogP contribution in [0.25, 0.3) is 0 Å². The van der Waals surface area contributed by atoms with Crippen molar-refractivity contribution in [2.45, 2.75) is 68.5 Å². The number of benzene rings is 2. The van der Waals surface area contributed by atoms with Gasteiger partial charge in [0, 0.05) is 44.4 Å². The van der Waals surface area contributed by atoms with Gasteiger partial charge in [-0.05, 0) is 55.3 Å². The van der Waals surface area contributed by atoms with Gasteiger partial charge in [0.1, 0.15) is 63.7 Å². The zero-order valence-corrected chi connectivity index (χ0v) is 27.1. The van der Waals surface area contributed by atoms with Gasteiger partial charge in [-0.3, -0.25) is 14.5 Å². The van der Waals surface area contributed by atoms with E-state index in [4.69, 9.17) is 9.47 Å². The van der Waals surface area contributed by atoms with Crippen LogP contribution in [-0.4, -0.2) is 105 Å². The van der Waals surface area contributed by atoms with Crippen molar-refractivity contribution in [1.82, 2.24) is 15.1 Å². The highest BCUT2D eigenvalue weighted by atomic mass is 19.1. The van der Waals surface area contributed by atoms with Gasteiger partial charge in [-0.25, -0.2) is 4.39 Å². The highest BCUT2D eigenvalue weighted by molar-refractivity contribution is 6.63. The van der Waals surface area contributed by atoms with Crippen molar-refractivity contribution < 1.29 is 28.2 Å². The fourth-order valence-electron chi connectivity index (χ4n) is 5.94. The lowest BCUT2D eigenvalue weighted by Gasteiger charge is -2.55. The molecule has 1 saturated heterocycles. The Bertz CT molecular complexity index is 1320. The molecular formula is C29H43B5FN3O5. The van der Waals surface area contributed by atoms with Gasteiger partial charge in [0.25, 0.3) is 0 Å². The minimum atomic E-state index is -1.40. The fraction of sp³-hybridized carbons (Fsp3) is 0.483. The van der Waals surface area contributed by atoms with Crippen molar-refractivity contribution in [2.75, 3.05) is 20.1 Å². The molecule has 8 nitrogen and oxygen atoms in total. The first-order valence-corrected chi connectivity index (χ1v) is 14.9. The number of aldehydes is 1. The molecule has 1 N–H and O–H groups in total. The topological polar surface area (TPSA) is 88.2 Å². The molecule has 1 aliphatic rings. The van der Waals surface area contributed by atoms with Gasteiger partial charge in [0.05, 0.1) is 17.6 Å². The second kappa shape index (κ2) is 13.8. The lowest BCUT2D eigenvalue weighted by atomic mass is 9.23. The number of morpholine rings is 1. The van der Waals surface area contributed by atoms with Crippen molar-refractivity contribution in [3.63, 3.8) is 0 Å². The molecule has 2 amide bonds. The van der Waals surface area contributed by atoms with Crippen LogP contribution in [0.2, 0.25) is 10.4 Å². The van der Waals surface area contributed by atoms with E-state index in [1.807, 2.05) is 40.8 Å². The van der Waals surface area contributed by atoms with E-state index in [0.717, 1.165) is 30.5 Å². The molecule has 3 rings (SSSR count). The predicted octanol–water partition coefficient (Wildman–Crippen LogP) is -1.68. The summed E-state index contributed by atoms with van der Waals surface area (Å²) in [5.41, 5.74) is 1.55. The van der Waals surface area contributed by atoms with Crippen LogP contribution in [-0.2, 0) is 38.8 Å². The molecule has 3 atom stereocenters. The third-order valence-corrected chi connectivity index (χ3v) is 9.58. The SMILES string of the molecule is BC(B)(C=O)C(B)(B)C(B)(C(=O)NC)N(C=O)Cc1c(C)cccc1OCc1cc(CN2CC(C)OC(C)C2)ccc1F. The average Bonchev–Trinajstić information content (AvgIpc) is 2.95. The summed E-state index contributed by atoms with van der Waals surface area (Å²) < 4.78 is 27.0. The molecule has 3 unspecified atom stereocenters. The van der Waals surface area contributed by atoms with E-state index in [2.05, 4.69) is 24.1 Å². The number of carbonyl (C=O) groups excluding carboxylic acids is 3. The van der Waals surface area contributed by atoms with Crippen molar-refractivity contribution in [3.05, 3.63) is 64.5 Å². The molecule has 0 bridgehead atoms. The summed E-state index contributed by atoms with van der Waals surface area (Å²) >= 11 is 0.